The van der Waals surface area contributed by atoms with Crippen molar-refractivity contribution >= 4 is 15.9 Å². The van der Waals surface area contributed by atoms with Crippen LogP contribution in [0, 0.1) is 0 Å². The van der Waals surface area contributed by atoms with E-state index in [-0.39, 0.29) is 12.2 Å². The molecule has 1 aromatic rings. The van der Waals surface area contributed by atoms with Gasteiger partial charge >= 0.3 is 0 Å². The van der Waals surface area contributed by atoms with Gasteiger partial charge in [0.25, 0.3) is 5.91 Å². The Morgan fingerprint density at radius 1 is 1.32 bits per heavy atom. The molecule has 0 aliphatic rings. The van der Waals surface area contributed by atoms with Gasteiger partial charge in [-0.3, -0.25) is 9.52 Å². The molecule has 0 bridgehead atoms. The molecule has 7 heteroatoms. The van der Waals surface area contributed by atoms with Gasteiger partial charge in [0, 0.05) is 0 Å². The summed E-state index contributed by atoms with van der Waals surface area (Å²) < 4.78 is 25.0. The predicted molar refractivity (Wildman–Crippen MR) is 72.0 cm³/mol. The number of carbonyl (C=O) groups excluding carboxylic acids is 1. The van der Waals surface area contributed by atoms with Gasteiger partial charge in [-0.15, -0.1) is 0 Å². The quantitative estimate of drug-likeness (QED) is 0.712. The van der Waals surface area contributed by atoms with Crippen LogP contribution in [0.3, 0.4) is 0 Å². The Balaban J connectivity index is 2.66. The highest BCUT2D eigenvalue weighted by atomic mass is 32.2. The number of sulfonamides is 1. The monoisotopic (exact) mass is 286 g/mol. The number of phenols is 1. The predicted octanol–water partition coefficient (Wildman–Crippen LogP) is 0.116. The fourth-order valence-electron chi connectivity index (χ4n) is 1.31. The summed E-state index contributed by atoms with van der Waals surface area (Å²) in [6, 6.07) is 5.24. The lowest BCUT2D eigenvalue weighted by Crippen LogP contribution is -2.46. The largest absolute Gasteiger partial charge is 0.508 e. The van der Waals surface area contributed by atoms with Gasteiger partial charge in [-0.1, -0.05) is 12.1 Å². The standard InChI is InChI=1S/C12H18N2O4S/c1-8(2)19(17,18)14-12(16)11(13)7-9-3-5-10(15)6-4-9/h3-6,8,11,15H,7,13H2,1-2H3,(H,14,16)/t11-/m1/s1. The molecule has 0 aliphatic carbocycles. The van der Waals surface area contributed by atoms with Crippen LogP contribution >= 0.6 is 0 Å². The molecule has 0 aliphatic heterocycles. The van der Waals surface area contributed by atoms with Crippen molar-refractivity contribution in [3.8, 4) is 5.75 Å². The number of hydrogen-bond donors (Lipinski definition) is 3. The van der Waals surface area contributed by atoms with Gasteiger partial charge in [-0.2, -0.15) is 0 Å². The number of nitrogens with one attached hydrogen (secondary N) is 1. The zero-order chi connectivity index (χ0) is 14.6. The third-order valence-corrected chi connectivity index (χ3v) is 4.32. The van der Waals surface area contributed by atoms with Gasteiger partial charge < -0.3 is 10.8 Å². The lowest BCUT2D eigenvalue weighted by Gasteiger charge is -2.14. The minimum Gasteiger partial charge on any atom is -0.508 e. The molecule has 106 valence electrons. The van der Waals surface area contributed by atoms with Gasteiger partial charge in [0.1, 0.15) is 5.75 Å². The van der Waals surface area contributed by atoms with Crippen LogP contribution in [-0.4, -0.2) is 30.7 Å². The molecule has 1 atom stereocenters. The maximum atomic E-state index is 11.7. The van der Waals surface area contributed by atoms with Gasteiger partial charge in [-0.25, -0.2) is 8.42 Å². The number of benzene rings is 1. The van der Waals surface area contributed by atoms with Crippen LogP contribution in [-0.2, 0) is 21.2 Å². The van der Waals surface area contributed by atoms with Crippen LogP contribution in [0.4, 0.5) is 0 Å². The lowest BCUT2D eigenvalue weighted by atomic mass is 10.1. The summed E-state index contributed by atoms with van der Waals surface area (Å²) in [4.78, 5) is 11.7. The number of hydrogen-bond acceptors (Lipinski definition) is 5. The molecule has 1 aromatic carbocycles. The van der Waals surface area contributed by atoms with Crippen LogP contribution in [0.15, 0.2) is 24.3 Å². The molecule has 0 saturated heterocycles. The van der Waals surface area contributed by atoms with Crippen LogP contribution in [0.25, 0.3) is 0 Å². The highest BCUT2D eigenvalue weighted by Crippen LogP contribution is 2.11. The maximum absolute atomic E-state index is 11.7. The summed E-state index contributed by atoms with van der Waals surface area (Å²) in [6.07, 6.45) is 0.194. The van der Waals surface area contributed by atoms with Gasteiger partial charge in [0.05, 0.1) is 11.3 Å². The second-order valence-corrected chi connectivity index (χ2v) is 6.77. The third-order valence-electron chi connectivity index (χ3n) is 2.59. The SMILES string of the molecule is CC(C)S(=O)(=O)NC(=O)[C@H](N)Cc1ccc(O)cc1. The van der Waals surface area contributed by atoms with E-state index >= 15 is 0 Å². The van der Waals surface area contributed by atoms with E-state index in [9.17, 15) is 13.2 Å². The van der Waals surface area contributed by atoms with E-state index < -0.39 is 27.2 Å². The van der Waals surface area contributed by atoms with E-state index in [1.165, 1.54) is 26.0 Å². The zero-order valence-corrected chi connectivity index (χ0v) is 11.6. The van der Waals surface area contributed by atoms with E-state index in [1.54, 1.807) is 12.1 Å². The van der Waals surface area contributed by atoms with Crippen molar-refractivity contribution in [1.82, 2.24) is 4.72 Å². The molecule has 0 fully saturated rings. The lowest BCUT2D eigenvalue weighted by molar-refractivity contribution is -0.120. The van der Waals surface area contributed by atoms with Gasteiger partial charge in [0.15, 0.2) is 0 Å². The molecule has 0 spiro atoms. The summed E-state index contributed by atoms with van der Waals surface area (Å²) in [6.45, 7) is 2.95. The normalized spacial score (nSPS) is 13.3. The van der Waals surface area contributed by atoms with Crippen molar-refractivity contribution in [3.05, 3.63) is 29.8 Å². The molecule has 0 unspecified atom stereocenters. The highest BCUT2D eigenvalue weighted by molar-refractivity contribution is 7.90. The second kappa shape index (κ2) is 6.03. The first-order valence-corrected chi connectivity index (χ1v) is 7.36. The molecule has 4 N–H and O–H groups in total. The zero-order valence-electron chi connectivity index (χ0n) is 10.8. The fourth-order valence-corrected chi connectivity index (χ4v) is 1.98. The van der Waals surface area contributed by atoms with E-state index in [0.29, 0.717) is 0 Å². The Hall–Kier alpha value is -1.60. The molecular formula is C12H18N2O4S. The molecule has 0 radical (unpaired) electrons. The summed E-state index contributed by atoms with van der Waals surface area (Å²) in [5, 5.41) is 8.43. The second-order valence-electron chi connectivity index (χ2n) is 4.54. The van der Waals surface area contributed by atoms with Crippen LogP contribution < -0.4 is 10.5 Å². The molecule has 19 heavy (non-hydrogen) atoms. The molecule has 6 nitrogen and oxygen atoms in total. The summed E-state index contributed by atoms with van der Waals surface area (Å²) in [5.74, 6) is -0.620. The Labute approximate surface area is 112 Å². The minimum atomic E-state index is -3.66. The highest BCUT2D eigenvalue weighted by Gasteiger charge is 2.23. The van der Waals surface area contributed by atoms with E-state index in [1.807, 2.05) is 4.72 Å². The average molecular weight is 286 g/mol. The number of rotatable bonds is 5. The average Bonchev–Trinajstić information content (AvgIpc) is 2.31. The summed E-state index contributed by atoms with van der Waals surface area (Å²) >= 11 is 0. The third kappa shape index (κ3) is 4.53. The van der Waals surface area contributed by atoms with Crippen LogP contribution in [0.5, 0.6) is 5.75 Å². The number of amides is 1. The molecular weight excluding hydrogens is 268 g/mol. The topological polar surface area (TPSA) is 109 Å². The number of aromatic hydroxyl groups is 1. The van der Waals surface area contributed by atoms with Gasteiger partial charge in [0.2, 0.25) is 10.0 Å². The summed E-state index contributed by atoms with van der Waals surface area (Å²) in [7, 11) is -3.66. The smallest absolute Gasteiger partial charge is 0.250 e. The summed E-state index contributed by atoms with van der Waals surface area (Å²) in [5.41, 5.74) is 6.39. The number of phenolic OH excluding ortho intramolecular Hbond substituents is 1. The molecule has 0 aromatic heterocycles. The van der Waals surface area contributed by atoms with Gasteiger partial charge in [-0.05, 0) is 38.0 Å². The van der Waals surface area contributed by atoms with Crippen molar-refractivity contribution in [3.63, 3.8) is 0 Å². The first kappa shape index (κ1) is 15.5. The van der Waals surface area contributed by atoms with E-state index in [4.69, 9.17) is 10.8 Å². The maximum Gasteiger partial charge on any atom is 0.250 e. The Bertz CT molecular complexity index is 537. The van der Waals surface area contributed by atoms with Crippen LogP contribution in [0.1, 0.15) is 19.4 Å². The van der Waals surface area contributed by atoms with E-state index in [0.717, 1.165) is 5.56 Å². The van der Waals surface area contributed by atoms with Crippen molar-refractivity contribution in [1.29, 1.82) is 0 Å². The van der Waals surface area contributed by atoms with Crippen molar-refractivity contribution < 1.29 is 18.3 Å². The number of nitrogens with two attached hydrogens (primary N) is 1. The van der Waals surface area contributed by atoms with Crippen molar-refractivity contribution in [2.75, 3.05) is 0 Å². The van der Waals surface area contributed by atoms with Crippen molar-refractivity contribution in [2.24, 2.45) is 5.73 Å². The first-order valence-electron chi connectivity index (χ1n) is 5.81. The molecule has 0 heterocycles. The minimum absolute atomic E-state index is 0.115. The first-order chi connectivity index (χ1) is 8.72. The molecule has 1 amide bonds. The Morgan fingerprint density at radius 2 is 1.84 bits per heavy atom. The van der Waals surface area contributed by atoms with E-state index in [2.05, 4.69) is 0 Å². The Kier molecular flexibility index (Phi) is 4.90. The number of carbonyl (C=O) groups is 1. The molecule has 0 saturated carbocycles. The van der Waals surface area contributed by atoms with Crippen LogP contribution in [0.2, 0.25) is 0 Å². The Morgan fingerprint density at radius 3 is 2.32 bits per heavy atom. The van der Waals surface area contributed by atoms with Crippen molar-refractivity contribution in [2.45, 2.75) is 31.6 Å². The fraction of sp³-hybridized carbons (Fsp3) is 0.417. The molecule has 1 rings (SSSR count).